The molecule has 0 aliphatic carbocycles. The van der Waals surface area contributed by atoms with Gasteiger partial charge in [-0.25, -0.2) is 0 Å². The average Bonchev–Trinajstić information content (AvgIpc) is 2.76. The number of piperidine rings is 1. The molecule has 2 aliphatic rings. The predicted molar refractivity (Wildman–Crippen MR) is 68.5 cm³/mol. The molecule has 1 unspecified atom stereocenters. The lowest BCUT2D eigenvalue weighted by molar-refractivity contribution is 0.0235. The average molecular weight is 225 g/mol. The molecular weight excluding hydrogens is 198 g/mol. The summed E-state index contributed by atoms with van der Waals surface area (Å²) >= 11 is 0. The minimum Gasteiger partial charge on any atom is -0.329 e. The third-order valence-electron chi connectivity index (χ3n) is 4.78. The molecule has 0 aromatic rings. The van der Waals surface area contributed by atoms with E-state index < -0.39 is 0 Å². The highest BCUT2D eigenvalue weighted by Gasteiger charge is 2.41. The number of rotatable bonds is 3. The van der Waals surface area contributed by atoms with Crippen LogP contribution in [0.2, 0.25) is 0 Å². The Kier molecular flexibility index (Phi) is 3.88. The minimum absolute atomic E-state index is 0.321. The summed E-state index contributed by atoms with van der Waals surface area (Å²) < 4.78 is 0. The van der Waals surface area contributed by atoms with Crippen LogP contribution in [-0.4, -0.2) is 54.1 Å². The van der Waals surface area contributed by atoms with Gasteiger partial charge >= 0.3 is 0 Å². The van der Waals surface area contributed by atoms with Crippen LogP contribution in [0.4, 0.5) is 0 Å². The molecule has 3 nitrogen and oxygen atoms in total. The Morgan fingerprint density at radius 3 is 2.38 bits per heavy atom. The second-order valence-corrected chi connectivity index (χ2v) is 5.55. The molecule has 0 amide bonds. The van der Waals surface area contributed by atoms with Gasteiger partial charge < -0.3 is 10.6 Å². The molecule has 2 saturated heterocycles. The standard InChI is InChI=1S/C13H27N3/c1-3-15-9-6-13(11-14,7-10-15)16-8-4-5-12(16)2/h12H,3-11,14H2,1-2H3. The fourth-order valence-electron chi connectivity index (χ4n) is 3.53. The molecule has 3 heteroatoms. The van der Waals surface area contributed by atoms with Crippen molar-refractivity contribution in [3.63, 3.8) is 0 Å². The van der Waals surface area contributed by atoms with Crippen LogP contribution in [-0.2, 0) is 0 Å². The first kappa shape index (κ1) is 12.3. The summed E-state index contributed by atoms with van der Waals surface area (Å²) in [6.45, 7) is 10.4. The van der Waals surface area contributed by atoms with E-state index in [2.05, 4.69) is 23.6 Å². The fraction of sp³-hybridized carbons (Fsp3) is 1.00. The topological polar surface area (TPSA) is 32.5 Å². The summed E-state index contributed by atoms with van der Waals surface area (Å²) in [6, 6.07) is 0.747. The van der Waals surface area contributed by atoms with Crippen molar-refractivity contribution in [3.05, 3.63) is 0 Å². The predicted octanol–water partition coefficient (Wildman–Crippen LogP) is 1.28. The lowest BCUT2D eigenvalue weighted by Gasteiger charge is -2.48. The third-order valence-corrected chi connectivity index (χ3v) is 4.78. The first-order valence-electron chi connectivity index (χ1n) is 6.91. The van der Waals surface area contributed by atoms with Gasteiger partial charge in [-0.1, -0.05) is 6.92 Å². The van der Waals surface area contributed by atoms with Gasteiger partial charge in [-0.05, 0) is 58.8 Å². The van der Waals surface area contributed by atoms with Crippen LogP contribution < -0.4 is 5.73 Å². The van der Waals surface area contributed by atoms with Crippen molar-refractivity contribution in [2.24, 2.45) is 5.73 Å². The molecule has 2 fully saturated rings. The van der Waals surface area contributed by atoms with Gasteiger partial charge in [-0.15, -0.1) is 0 Å². The van der Waals surface area contributed by atoms with Crippen LogP contribution in [0.1, 0.15) is 39.5 Å². The smallest absolute Gasteiger partial charge is 0.0358 e. The largest absolute Gasteiger partial charge is 0.329 e. The van der Waals surface area contributed by atoms with Crippen molar-refractivity contribution in [2.45, 2.75) is 51.1 Å². The molecule has 0 bridgehead atoms. The SMILES string of the molecule is CCN1CCC(CN)(N2CCCC2C)CC1. The quantitative estimate of drug-likeness (QED) is 0.785. The first-order chi connectivity index (χ1) is 7.72. The Morgan fingerprint density at radius 1 is 1.25 bits per heavy atom. The van der Waals surface area contributed by atoms with E-state index in [-0.39, 0.29) is 0 Å². The van der Waals surface area contributed by atoms with E-state index in [1.807, 2.05) is 0 Å². The van der Waals surface area contributed by atoms with Crippen molar-refractivity contribution >= 4 is 0 Å². The molecule has 0 saturated carbocycles. The summed E-state index contributed by atoms with van der Waals surface area (Å²) in [4.78, 5) is 5.26. The minimum atomic E-state index is 0.321. The van der Waals surface area contributed by atoms with Gasteiger partial charge in [0.15, 0.2) is 0 Å². The molecule has 2 rings (SSSR count). The maximum atomic E-state index is 6.11. The highest BCUT2D eigenvalue weighted by Crippen LogP contribution is 2.34. The van der Waals surface area contributed by atoms with Gasteiger partial charge in [0.1, 0.15) is 0 Å². The van der Waals surface area contributed by atoms with Crippen molar-refractivity contribution in [3.8, 4) is 0 Å². The first-order valence-corrected chi connectivity index (χ1v) is 6.91. The van der Waals surface area contributed by atoms with E-state index in [9.17, 15) is 0 Å². The van der Waals surface area contributed by atoms with Crippen molar-refractivity contribution in [2.75, 3.05) is 32.7 Å². The van der Waals surface area contributed by atoms with Crippen molar-refractivity contribution < 1.29 is 0 Å². The maximum absolute atomic E-state index is 6.11. The molecule has 0 radical (unpaired) electrons. The molecule has 0 spiro atoms. The van der Waals surface area contributed by atoms with Gasteiger partial charge in [-0.2, -0.15) is 0 Å². The van der Waals surface area contributed by atoms with Crippen LogP contribution in [0.25, 0.3) is 0 Å². The highest BCUT2D eigenvalue weighted by molar-refractivity contribution is 4.99. The number of likely N-dealkylation sites (tertiary alicyclic amines) is 2. The van der Waals surface area contributed by atoms with E-state index in [1.54, 1.807) is 0 Å². The van der Waals surface area contributed by atoms with E-state index in [0.29, 0.717) is 5.54 Å². The van der Waals surface area contributed by atoms with Crippen molar-refractivity contribution in [1.82, 2.24) is 9.80 Å². The summed E-state index contributed by atoms with van der Waals surface area (Å²) in [5.41, 5.74) is 6.43. The van der Waals surface area contributed by atoms with Crippen LogP contribution in [0.5, 0.6) is 0 Å². The zero-order valence-electron chi connectivity index (χ0n) is 10.9. The second kappa shape index (κ2) is 5.03. The molecule has 2 aliphatic heterocycles. The Morgan fingerprint density at radius 2 is 1.94 bits per heavy atom. The number of nitrogens with two attached hydrogens (primary N) is 1. The normalized spacial score (nSPS) is 32.1. The highest BCUT2D eigenvalue weighted by atomic mass is 15.3. The fourth-order valence-corrected chi connectivity index (χ4v) is 3.53. The lowest BCUT2D eigenvalue weighted by atomic mass is 9.85. The number of hydrogen-bond acceptors (Lipinski definition) is 3. The summed E-state index contributed by atoms with van der Waals surface area (Å²) in [5.74, 6) is 0. The third kappa shape index (κ3) is 2.13. The van der Waals surface area contributed by atoms with Gasteiger partial charge in [0.2, 0.25) is 0 Å². The molecule has 94 valence electrons. The summed E-state index contributed by atoms with van der Waals surface area (Å²) in [7, 11) is 0. The van der Waals surface area contributed by atoms with E-state index in [4.69, 9.17) is 5.73 Å². The van der Waals surface area contributed by atoms with E-state index >= 15 is 0 Å². The summed E-state index contributed by atoms with van der Waals surface area (Å²) in [5, 5.41) is 0. The molecule has 2 heterocycles. The van der Waals surface area contributed by atoms with Crippen LogP contribution >= 0.6 is 0 Å². The van der Waals surface area contributed by atoms with Gasteiger partial charge in [0.25, 0.3) is 0 Å². The Labute approximate surface area is 100.0 Å². The van der Waals surface area contributed by atoms with Gasteiger partial charge in [0, 0.05) is 18.1 Å². The molecule has 0 aromatic heterocycles. The van der Waals surface area contributed by atoms with Crippen molar-refractivity contribution in [1.29, 1.82) is 0 Å². The maximum Gasteiger partial charge on any atom is 0.0358 e. The Bertz CT molecular complexity index is 221. The monoisotopic (exact) mass is 225 g/mol. The second-order valence-electron chi connectivity index (χ2n) is 5.55. The Hall–Kier alpha value is -0.120. The zero-order valence-corrected chi connectivity index (χ0v) is 10.9. The van der Waals surface area contributed by atoms with Gasteiger partial charge in [-0.3, -0.25) is 4.90 Å². The molecule has 1 atom stereocenters. The Balaban J connectivity index is 2.03. The number of hydrogen-bond donors (Lipinski definition) is 1. The van der Waals surface area contributed by atoms with E-state index in [0.717, 1.165) is 12.6 Å². The van der Waals surface area contributed by atoms with Crippen LogP contribution in [0.15, 0.2) is 0 Å². The van der Waals surface area contributed by atoms with E-state index in [1.165, 1.54) is 51.9 Å². The zero-order chi connectivity index (χ0) is 11.6. The molecule has 16 heavy (non-hydrogen) atoms. The lowest BCUT2D eigenvalue weighted by Crippen LogP contribution is -2.60. The number of nitrogens with zero attached hydrogens (tertiary/aromatic N) is 2. The molecular formula is C13H27N3. The van der Waals surface area contributed by atoms with Crippen LogP contribution in [0.3, 0.4) is 0 Å². The molecule has 0 aromatic carbocycles. The molecule has 2 N–H and O–H groups in total. The summed E-state index contributed by atoms with van der Waals surface area (Å²) in [6.07, 6.45) is 5.25. The van der Waals surface area contributed by atoms with Crippen LogP contribution in [0, 0.1) is 0 Å². The van der Waals surface area contributed by atoms with Gasteiger partial charge in [0.05, 0.1) is 0 Å².